The molecule has 0 saturated carbocycles. The standard InChI is InChI=1S/C31H38FN5O4/c1-3-24(36(17-13-32)25-6-9-29-23(20-25)10-16-37(29)31(40)34-2)21-28(33)30(39)22-4-7-27(8-5-22)41-19-18-35-14-11-26(38)12-15-35/h3-10,16,20-21,26,28,38H,1,11-15,17-19,33H2,2H3,(H,34,40)/b24-21+. The quantitative estimate of drug-likeness (QED) is 0.227. The number of ketones is 1. The lowest BCUT2D eigenvalue weighted by atomic mass is 10.0. The number of likely N-dealkylation sites (tertiary alicyclic amines) is 1. The molecule has 1 amide bonds. The van der Waals surface area contributed by atoms with E-state index < -0.39 is 12.7 Å². The van der Waals surface area contributed by atoms with Crippen LogP contribution in [0.2, 0.25) is 0 Å². The van der Waals surface area contributed by atoms with E-state index in [4.69, 9.17) is 10.5 Å². The van der Waals surface area contributed by atoms with Gasteiger partial charge < -0.3 is 25.8 Å². The van der Waals surface area contributed by atoms with Crippen molar-refractivity contribution < 1.29 is 23.8 Å². The Morgan fingerprint density at radius 1 is 1.22 bits per heavy atom. The van der Waals surface area contributed by atoms with Crippen molar-refractivity contribution in [3.63, 3.8) is 0 Å². The second-order valence-corrected chi connectivity index (χ2v) is 9.96. The number of amides is 1. The zero-order valence-corrected chi connectivity index (χ0v) is 23.3. The molecule has 0 radical (unpaired) electrons. The third kappa shape index (κ3) is 7.40. The number of carbonyl (C=O) groups is 2. The number of aromatic nitrogens is 1. The van der Waals surface area contributed by atoms with E-state index in [1.54, 1.807) is 72.8 Å². The minimum atomic E-state index is -0.982. The second-order valence-electron chi connectivity index (χ2n) is 9.96. The third-order valence-corrected chi connectivity index (χ3v) is 7.27. The molecular weight excluding hydrogens is 525 g/mol. The Balaban J connectivity index is 1.43. The fraction of sp³-hybridized carbons (Fsp3) is 0.355. The average Bonchev–Trinajstić information content (AvgIpc) is 3.42. The number of hydrogen-bond donors (Lipinski definition) is 3. The summed E-state index contributed by atoms with van der Waals surface area (Å²) in [6, 6.07) is 12.8. The van der Waals surface area contributed by atoms with E-state index in [1.807, 2.05) is 6.07 Å². The van der Waals surface area contributed by atoms with Gasteiger partial charge in [0.25, 0.3) is 0 Å². The molecule has 9 nitrogen and oxygen atoms in total. The normalized spacial score (nSPS) is 15.5. The number of carbonyl (C=O) groups excluding carboxylic acids is 2. The lowest BCUT2D eigenvalue weighted by molar-refractivity contribution is 0.0755. The van der Waals surface area contributed by atoms with Gasteiger partial charge in [-0.2, -0.15) is 0 Å². The molecule has 0 spiro atoms. The molecule has 4 N–H and O–H groups in total. The number of halogens is 1. The van der Waals surface area contributed by atoms with E-state index >= 15 is 0 Å². The topological polar surface area (TPSA) is 113 Å². The Morgan fingerprint density at radius 3 is 2.61 bits per heavy atom. The van der Waals surface area contributed by atoms with Crippen LogP contribution < -0.4 is 20.7 Å². The Morgan fingerprint density at radius 2 is 1.95 bits per heavy atom. The first-order valence-corrected chi connectivity index (χ1v) is 13.8. The highest BCUT2D eigenvalue weighted by Crippen LogP contribution is 2.26. The predicted octanol–water partition coefficient (Wildman–Crippen LogP) is 3.72. The summed E-state index contributed by atoms with van der Waals surface area (Å²) in [5.74, 6) is 0.366. The molecule has 1 aromatic heterocycles. The van der Waals surface area contributed by atoms with Crippen LogP contribution in [-0.4, -0.2) is 85.0 Å². The third-order valence-electron chi connectivity index (χ3n) is 7.27. The Hall–Kier alpha value is -3.99. The molecule has 0 bridgehead atoms. The van der Waals surface area contributed by atoms with Gasteiger partial charge in [0, 0.05) is 55.2 Å². The number of nitrogens with zero attached hydrogens (tertiary/aromatic N) is 3. The fourth-order valence-electron chi connectivity index (χ4n) is 4.96. The predicted molar refractivity (Wildman–Crippen MR) is 159 cm³/mol. The largest absolute Gasteiger partial charge is 0.492 e. The fourth-order valence-corrected chi connectivity index (χ4v) is 4.96. The maximum absolute atomic E-state index is 13.6. The van der Waals surface area contributed by atoms with Crippen LogP contribution in [0.1, 0.15) is 23.2 Å². The van der Waals surface area contributed by atoms with Crippen LogP contribution in [0.4, 0.5) is 14.9 Å². The van der Waals surface area contributed by atoms with Gasteiger partial charge in [-0.15, -0.1) is 0 Å². The zero-order chi connectivity index (χ0) is 29.4. The van der Waals surface area contributed by atoms with Crippen LogP contribution in [0.25, 0.3) is 10.9 Å². The second kappa shape index (κ2) is 14.1. The van der Waals surface area contributed by atoms with Crippen molar-refractivity contribution >= 4 is 28.4 Å². The number of Topliss-reactive ketones (excluding diaryl/α,β-unsaturated/α-hetero) is 1. The molecule has 0 aliphatic carbocycles. The van der Waals surface area contributed by atoms with Crippen molar-refractivity contribution in [2.24, 2.45) is 5.73 Å². The van der Waals surface area contributed by atoms with E-state index in [9.17, 15) is 19.1 Å². The smallest absolute Gasteiger partial charge is 0.325 e. The van der Waals surface area contributed by atoms with Crippen molar-refractivity contribution in [3.8, 4) is 5.75 Å². The molecule has 2 aromatic carbocycles. The molecule has 1 saturated heterocycles. The van der Waals surface area contributed by atoms with Crippen LogP contribution in [0, 0.1) is 0 Å². The summed E-state index contributed by atoms with van der Waals surface area (Å²) < 4.78 is 20.9. The lowest BCUT2D eigenvalue weighted by Gasteiger charge is -2.29. The van der Waals surface area contributed by atoms with Gasteiger partial charge in [0.2, 0.25) is 0 Å². The van der Waals surface area contributed by atoms with Crippen LogP contribution in [-0.2, 0) is 0 Å². The van der Waals surface area contributed by atoms with Gasteiger partial charge in [-0.25, -0.2) is 9.18 Å². The number of hydrogen-bond acceptors (Lipinski definition) is 7. The summed E-state index contributed by atoms with van der Waals surface area (Å²) in [6.45, 7) is 6.27. The van der Waals surface area contributed by atoms with Gasteiger partial charge in [0.05, 0.1) is 24.2 Å². The lowest BCUT2D eigenvalue weighted by Crippen LogP contribution is -2.38. The number of rotatable bonds is 12. The van der Waals surface area contributed by atoms with Gasteiger partial charge in [-0.3, -0.25) is 14.3 Å². The molecule has 3 aromatic rings. The maximum atomic E-state index is 13.6. The summed E-state index contributed by atoms with van der Waals surface area (Å²) >= 11 is 0. The van der Waals surface area contributed by atoms with E-state index in [-0.39, 0.29) is 24.5 Å². The summed E-state index contributed by atoms with van der Waals surface area (Å²) in [4.78, 5) is 29.2. The number of nitrogens with one attached hydrogen (secondary N) is 1. The number of anilines is 1. The first kappa shape index (κ1) is 30.0. The minimum Gasteiger partial charge on any atom is -0.492 e. The monoisotopic (exact) mass is 563 g/mol. The molecule has 41 heavy (non-hydrogen) atoms. The molecule has 10 heteroatoms. The number of alkyl halides is 1. The first-order chi connectivity index (χ1) is 19.8. The van der Waals surface area contributed by atoms with Gasteiger partial charge in [0.1, 0.15) is 19.0 Å². The average molecular weight is 564 g/mol. The molecule has 1 atom stereocenters. The van der Waals surface area contributed by atoms with Crippen LogP contribution >= 0.6 is 0 Å². The molecule has 1 aliphatic rings. The van der Waals surface area contributed by atoms with Gasteiger partial charge in [0.15, 0.2) is 5.78 Å². The number of nitrogens with two attached hydrogens (primary N) is 1. The summed E-state index contributed by atoms with van der Waals surface area (Å²) in [7, 11) is 1.56. The van der Waals surface area contributed by atoms with E-state index in [1.165, 1.54) is 4.57 Å². The number of aliphatic hydroxyl groups is 1. The van der Waals surface area contributed by atoms with E-state index in [2.05, 4.69) is 16.8 Å². The van der Waals surface area contributed by atoms with Crippen LogP contribution in [0.5, 0.6) is 5.75 Å². The number of ether oxygens (including phenoxy) is 1. The van der Waals surface area contributed by atoms with Gasteiger partial charge >= 0.3 is 6.03 Å². The zero-order valence-electron chi connectivity index (χ0n) is 23.3. The van der Waals surface area contributed by atoms with E-state index in [0.29, 0.717) is 34.8 Å². The molecule has 1 unspecified atom stereocenters. The number of fused-ring (bicyclic) bond motifs is 1. The highest BCUT2D eigenvalue weighted by molar-refractivity contribution is 6.01. The van der Waals surface area contributed by atoms with Crippen molar-refractivity contribution in [2.75, 3.05) is 51.4 Å². The maximum Gasteiger partial charge on any atom is 0.325 e. The Bertz CT molecular complexity index is 1380. The minimum absolute atomic E-state index is 0.0322. The SMILES string of the molecule is C=C/C(=C\C(N)C(=O)c1ccc(OCCN2CCC(O)CC2)cc1)N(CCF)c1ccc2c(ccn2C(=O)NC)c1. The molecule has 2 heterocycles. The van der Waals surface area contributed by atoms with Crippen molar-refractivity contribution in [2.45, 2.75) is 25.0 Å². The number of benzene rings is 2. The summed E-state index contributed by atoms with van der Waals surface area (Å²) in [6.07, 6.45) is 6.16. The Labute approximate surface area is 239 Å². The highest BCUT2D eigenvalue weighted by Gasteiger charge is 2.19. The van der Waals surface area contributed by atoms with Crippen molar-refractivity contribution in [1.82, 2.24) is 14.8 Å². The summed E-state index contributed by atoms with van der Waals surface area (Å²) in [5.41, 5.74) is 8.62. The van der Waals surface area contributed by atoms with Crippen LogP contribution in [0.15, 0.2) is 79.2 Å². The summed E-state index contributed by atoms with van der Waals surface area (Å²) in [5, 5.41) is 13.0. The number of aliphatic hydroxyl groups excluding tert-OH is 1. The highest BCUT2D eigenvalue weighted by atomic mass is 19.1. The first-order valence-electron chi connectivity index (χ1n) is 13.8. The molecular formula is C31H38FN5O4. The van der Waals surface area contributed by atoms with Gasteiger partial charge in [-0.05, 0) is 73.5 Å². The molecule has 1 fully saturated rings. The van der Waals surface area contributed by atoms with Crippen LogP contribution in [0.3, 0.4) is 0 Å². The molecule has 218 valence electrons. The van der Waals surface area contributed by atoms with Gasteiger partial charge in [-0.1, -0.05) is 6.58 Å². The molecule has 1 aliphatic heterocycles. The Kier molecular flexibility index (Phi) is 10.3. The van der Waals surface area contributed by atoms with Crippen molar-refractivity contribution in [3.05, 3.63) is 84.7 Å². The van der Waals surface area contributed by atoms with Crippen molar-refractivity contribution in [1.29, 1.82) is 0 Å². The number of piperidine rings is 1. The van der Waals surface area contributed by atoms with E-state index in [0.717, 1.165) is 37.9 Å². The number of allylic oxidation sites excluding steroid dienone is 1. The molecule has 4 rings (SSSR count).